The topological polar surface area (TPSA) is 9.72 Å². The number of nitrogens with zero attached hydrogens (tertiary/aromatic N) is 3. The van der Waals surface area contributed by atoms with Crippen molar-refractivity contribution >= 4 is 14.9 Å². The van der Waals surface area contributed by atoms with Crippen molar-refractivity contribution in [1.82, 2.24) is 9.80 Å². The molecule has 5 heteroatoms. The predicted octanol–water partition coefficient (Wildman–Crippen LogP) is 5.13. The molecule has 0 saturated heterocycles. The summed E-state index contributed by atoms with van der Waals surface area (Å²) < 4.78 is 0. The Bertz CT molecular complexity index is 682. The first-order chi connectivity index (χ1) is 12.0. The molecule has 0 radical (unpaired) electrons. The van der Waals surface area contributed by atoms with Gasteiger partial charge < -0.3 is 14.7 Å². The third kappa shape index (κ3) is 4.17. The monoisotopic (exact) mass is 540 g/mol. The average Bonchev–Trinajstić information content (AvgIpc) is 3.01. The Hall–Kier alpha value is -1.13. The Labute approximate surface area is 168 Å². The van der Waals surface area contributed by atoms with Crippen LogP contribution >= 0.6 is 9.19 Å². The van der Waals surface area contributed by atoms with Crippen LogP contribution in [0.4, 0.5) is 5.69 Å². The van der Waals surface area contributed by atoms with E-state index < -0.39 is 0 Å². The molecule has 0 bridgehead atoms. The number of anilines is 1. The molecule has 140 valence electrons. The SMILES string of the molecule is CCN(CC)C1=CC=CC2=CN(c3c(C)cc(C)cc3C)[CH-]N21.[Cl][Au]. The first kappa shape index (κ1) is 20.2. The molecule has 0 spiro atoms. The first-order valence-corrected chi connectivity index (χ1v) is 11.2. The van der Waals surface area contributed by atoms with E-state index in [0.29, 0.717) is 0 Å². The van der Waals surface area contributed by atoms with Crippen molar-refractivity contribution in [2.45, 2.75) is 34.6 Å². The normalized spacial score (nSPS) is 15.4. The molecule has 2 heterocycles. The maximum absolute atomic E-state index is 4.58. The molecule has 2 aliphatic rings. The molecule has 3 nitrogen and oxygen atoms in total. The summed E-state index contributed by atoms with van der Waals surface area (Å²) in [6.07, 6.45) is 8.72. The van der Waals surface area contributed by atoms with Crippen LogP contribution in [0.2, 0.25) is 0 Å². The molecule has 1 aromatic rings. The molecule has 0 saturated carbocycles. The van der Waals surface area contributed by atoms with E-state index in [1.165, 1.54) is 33.9 Å². The standard InChI is InChI=1S/C20H26N3.Au.ClH/c1-6-21(7-2)19-10-8-9-18-13-22(14-23(18)19)20-16(4)11-15(3)12-17(20)5;;/h8-14H,6-7H2,1-5H3;;1H/q-1;+1;/p-1. The van der Waals surface area contributed by atoms with Crippen LogP contribution in [-0.4, -0.2) is 22.9 Å². The number of benzene rings is 1. The zero-order valence-electron chi connectivity index (χ0n) is 15.5. The molecule has 1 aromatic carbocycles. The molecule has 0 unspecified atom stereocenters. The number of hydrogen-bond donors (Lipinski definition) is 0. The summed E-state index contributed by atoms with van der Waals surface area (Å²) in [6.45, 7) is 15.2. The Balaban J connectivity index is 0.00000109. The van der Waals surface area contributed by atoms with E-state index in [9.17, 15) is 0 Å². The van der Waals surface area contributed by atoms with Crippen molar-refractivity contribution in [3.05, 3.63) is 71.4 Å². The molecular weight excluding hydrogens is 515 g/mol. The molecular formula is C20H26AuClN3-. The van der Waals surface area contributed by atoms with Crippen LogP contribution < -0.4 is 4.90 Å². The average molecular weight is 541 g/mol. The fourth-order valence-electron chi connectivity index (χ4n) is 3.56. The summed E-state index contributed by atoms with van der Waals surface area (Å²) in [6, 6.07) is 4.51. The minimum atomic E-state index is 1.01. The number of aryl methyl sites for hydroxylation is 3. The Kier molecular flexibility index (Phi) is 7.26. The summed E-state index contributed by atoms with van der Waals surface area (Å²) in [7, 11) is 4.58. The van der Waals surface area contributed by atoms with Crippen molar-refractivity contribution in [3.63, 3.8) is 0 Å². The molecule has 3 rings (SSSR count). The van der Waals surface area contributed by atoms with Gasteiger partial charge >= 0.3 is 29.2 Å². The molecule has 0 aliphatic carbocycles. The zero-order valence-corrected chi connectivity index (χ0v) is 18.4. The predicted molar refractivity (Wildman–Crippen MR) is 103 cm³/mol. The first-order valence-electron chi connectivity index (χ1n) is 8.52. The van der Waals surface area contributed by atoms with Gasteiger partial charge in [-0.1, -0.05) is 23.8 Å². The van der Waals surface area contributed by atoms with Crippen molar-refractivity contribution in [3.8, 4) is 0 Å². The van der Waals surface area contributed by atoms with Gasteiger partial charge in [0.2, 0.25) is 0 Å². The molecule has 25 heavy (non-hydrogen) atoms. The Morgan fingerprint density at radius 2 is 1.68 bits per heavy atom. The summed E-state index contributed by atoms with van der Waals surface area (Å²) in [5.74, 6) is 1.24. The van der Waals surface area contributed by atoms with Gasteiger partial charge in [-0.15, -0.1) is 6.67 Å². The number of fused-ring (bicyclic) bond motifs is 1. The summed E-state index contributed by atoms with van der Waals surface area (Å²) in [5, 5.41) is 0. The number of halogens is 1. The summed E-state index contributed by atoms with van der Waals surface area (Å²) >= 11 is 1.75. The quantitative estimate of drug-likeness (QED) is 0.387. The van der Waals surface area contributed by atoms with Crippen LogP contribution in [0.5, 0.6) is 0 Å². The van der Waals surface area contributed by atoms with Gasteiger partial charge in [-0.3, -0.25) is 0 Å². The molecule has 0 N–H and O–H groups in total. The van der Waals surface area contributed by atoms with Crippen molar-refractivity contribution in [2.75, 3.05) is 18.0 Å². The van der Waals surface area contributed by atoms with E-state index in [2.05, 4.69) is 102 Å². The Morgan fingerprint density at radius 1 is 1.08 bits per heavy atom. The van der Waals surface area contributed by atoms with Gasteiger partial charge in [0.25, 0.3) is 0 Å². The third-order valence-electron chi connectivity index (χ3n) is 4.53. The van der Waals surface area contributed by atoms with Gasteiger partial charge in [-0.25, -0.2) is 0 Å². The molecule has 0 fully saturated rings. The molecule has 2 aliphatic heterocycles. The van der Waals surface area contributed by atoms with Crippen molar-refractivity contribution < 1.29 is 20.0 Å². The number of rotatable bonds is 4. The van der Waals surface area contributed by atoms with E-state index in [-0.39, 0.29) is 0 Å². The van der Waals surface area contributed by atoms with Gasteiger partial charge in [0.15, 0.2) is 0 Å². The fraction of sp³-hybridized carbons (Fsp3) is 0.350. The number of allylic oxidation sites excluding steroid dienone is 3. The van der Waals surface area contributed by atoms with Crippen LogP contribution in [0.25, 0.3) is 0 Å². The van der Waals surface area contributed by atoms with E-state index in [4.69, 9.17) is 0 Å². The molecule has 0 aromatic heterocycles. The Morgan fingerprint density at radius 3 is 2.24 bits per heavy atom. The van der Waals surface area contributed by atoms with Gasteiger partial charge in [0.1, 0.15) is 0 Å². The van der Waals surface area contributed by atoms with Gasteiger partial charge in [-0.05, 0) is 64.1 Å². The van der Waals surface area contributed by atoms with Crippen LogP contribution in [0.15, 0.2) is 48.1 Å². The summed E-state index contributed by atoms with van der Waals surface area (Å²) in [5.41, 5.74) is 6.44. The minimum absolute atomic E-state index is 1.01. The zero-order chi connectivity index (χ0) is 18.6. The van der Waals surface area contributed by atoms with Crippen molar-refractivity contribution in [2.24, 2.45) is 0 Å². The van der Waals surface area contributed by atoms with Gasteiger partial charge in [0.05, 0.1) is 5.82 Å². The van der Waals surface area contributed by atoms with Crippen LogP contribution in [0.3, 0.4) is 0 Å². The number of hydrogen-bond acceptors (Lipinski definition) is 3. The van der Waals surface area contributed by atoms with Crippen molar-refractivity contribution in [1.29, 1.82) is 0 Å². The fourth-order valence-corrected chi connectivity index (χ4v) is 3.56. The second-order valence-corrected chi connectivity index (χ2v) is 6.25. The molecule has 0 atom stereocenters. The second kappa shape index (κ2) is 9.00. The van der Waals surface area contributed by atoms with Gasteiger partial charge in [0, 0.05) is 24.5 Å². The summed E-state index contributed by atoms with van der Waals surface area (Å²) in [4.78, 5) is 6.92. The maximum atomic E-state index is 4.58. The second-order valence-electron chi connectivity index (χ2n) is 6.25. The van der Waals surface area contributed by atoms with E-state index in [0.717, 1.165) is 13.1 Å². The van der Waals surface area contributed by atoms with E-state index in [1.807, 2.05) is 0 Å². The van der Waals surface area contributed by atoms with Crippen LogP contribution in [0, 0.1) is 27.4 Å². The van der Waals surface area contributed by atoms with Crippen LogP contribution in [-0.2, 0) is 20.0 Å². The van der Waals surface area contributed by atoms with E-state index in [1.54, 1.807) is 20.0 Å². The molecule has 0 amide bonds. The van der Waals surface area contributed by atoms with E-state index >= 15 is 0 Å². The van der Waals surface area contributed by atoms with Gasteiger partial charge in [-0.2, -0.15) is 0 Å². The third-order valence-corrected chi connectivity index (χ3v) is 4.53. The van der Waals surface area contributed by atoms with Crippen LogP contribution in [0.1, 0.15) is 30.5 Å².